The van der Waals surface area contributed by atoms with Crippen molar-refractivity contribution in [3.63, 3.8) is 0 Å². The number of aromatic nitrogens is 1. The van der Waals surface area contributed by atoms with Crippen LogP contribution in [0.25, 0.3) is 11.1 Å². The third kappa shape index (κ3) is 2.07. The van der Waals surface area contributed by atoms with E-state index in [9.17, 15) is 18.4 Å². The Morgan fingerprint density at radius 1 is 1.17 bits per heavy atom. The summed E-state index contributed by atoms with van der Waals surface area (Å²) in [5, 5.41) is 0. The summed E-state index contributed by atoms with van der Waals surface area (Å²) in [5.41, 5.74) is 1.18. The van der Waals surface area contributed by atoms with E-state index in [-0.39, 0.29) is 12.0 Å². The maximum absolute atomic E-state index is 13.1. The Bertz CT molecular complexity index is 632. The van der Waals surface area contributed by atoms with Crippen LogP contribution in [-0.2, 0) is 11.8 Å². The van der Waals surface area contributed by atoms with E-state index in [0.29, 0.717) is 11.1 Å². The monoisotopic (exact) mass is 249 g/mol. The van der Waals surface area contributed by atoms with Gasteiger partial charge in [0.05, 0.1) is 5.69 Å². The quantitative estimate of drug-likeness (QED) is 0.476. The number of carbonyl (C=O) groups excluding carboxylic acids is 2. The lowest BCUT2D eigenvalue weighted by molar-refractivity contribution is -0.104. The number of aryl methyl sites for hydroxylation is 1. The first-order valence-electron chi connectivity index (χ1n) is 5.14. The second-order valence-electron chi connectivity index (χ2n) is 3.84. The van der Waals surface area contributed by atoms with Crippen LogP contribution in [-0.4, -0.2) is 16.6 Å². The maximum Gasteiger partial charge on any atom is 0.241 e. The standard InChI is InChI=1S/C13H9F2NO2/c1-16-6-9(5-12(16)13(18)7-17)8-2-3-10(14)11(15)4-8/h2-7H,1H3. The van der Waals surface area contributed by atoms with Gasteiger partial charge >= 0.3 is 0 Å². The molecule has 0 N–H and O–H groups in total. The largest absolute Gasteiger partial charge is 0.347 e. The molecule has 2 aromatic rings. The van der Waals surface area contributed by atoms with Crippen molar-refractivity contribution in [2.24, 2.45) is 7.05 Å². The number of ketones is 1. The molecule has 0 amide bonds. The Morgan fingerprint density at radius 3 is 2.50 bits per heavy atom. The summed E-state index contributed by atoms with van der Waals surface area (Å²) in [6.45, 7) is 0. The van der Waals surface area contributed by atoms with Gasteiger partial charge in [0.15, 0.2) is 17.9 Å². The van der Waals surface area contributed by atoms with Gasteiger partial charge < -0.3 is 4.57 Å². The van der Waals surface area contributed by atoms with Crippen molar-refractivity contribution in [3.05, 3.63) is 47.8 Å². The molecule has 0 aliphatic rings. The van der Waals surface area contributed by atoms with Gasteiger partial charge in [0.2, 0.25) is 5.78 Å². The van der Waals surface area contributed by atoms with Crippen LogP contribution in [0, 0.1) is 11.6 Å². The average Bonchev–Trinajstić information content (AvgIpc) is 2.74. The van der Waals surface area contributed by atoms with Crippen molar-refractivity contribution in [1.29, 1.82) is 0 Å². The number of benzene rings is 1. The summed E-state index contributed by atoms with van der Waals surface area (Å²) < 4.78 is 27.4. The predicted octanol–water partition coefficient (Wildman–Crippen LogP) is 2.35. The number of Topliss-reactive ketones (excluding diaryl/α,β-unsaturated/α-hetero) is 1. The third-order valence-corrected chi connectivity index (χ3v) is 2.62. The molecule has 0 aliphatic carbocycles. The first-order valence-corrected chi connectivity index (χ1v) is 5.14. The van der Waals surface area contributed by atoms with Crippen LogP contribution >= 0.6 is 0 Å². The van der Waals surface area contributed by atoms with Gasteiger partial charge in [0, 0.05) is 18.8 Å². The van der Waals surface area contributed by atoms with Crippen LogP contribution in [0.5, 0.6) is 0 Å². The third-order valence-electron chi connectivity index (χ3n) is 2.62. The minimum Gasteiger partial charge on any atom is -0.347 e. The molecule has 0 bridgehead atoms. The second kappa shape index (κ2) is 4.52. The molecular weight excluding hydrogens is 240 g/mol. The first-order chi connectivity index (χ1) is 8.52. The Hall–Kier alpha value is -2.30. The van der Waals surface area contributed by atoms with Crippen molar-refractivity contribution in [3.8, 4) is 11.1 Å². The molecular formula is C13H9F2NO2. The molecule has 0 spiro atoms. The number of halogens is 2. The lowest BCUT2D eigenvalue weighted by atomic mass is 10.1. The zero-order chi connectivity index (χ0) is 13.3. The van der Waals surface area contributed by atoms with Crippen molar-refractivity contribution in [1.82, 2.24) is 4.57 Å². The minimum absolute atomic E-state index is 0.199. The van der Waals surface area contributed by atoms with E-state index in [1.807, 2.05) is 0 Å². The molecule has 18 heavy (non-hydrogen) atoms. The van der Waals surface area contributed by atoms with Crippen LogP contribution < -0.4 is 0 Å². The number of aldehydes is 1. The lowest BCUT2D eigenvalue weighted by Gasteiger charge is -1.98. The maximum atomic E-state index is 13.1. The van der Waals surface area contributed by atoms with Crippen molar-refractivity contribution in [2.45, 2.75) is 0 Å². The number of hydrogen-bond donors (Lipinski definition) is 0. The molecule has 3 nitrogen and oxygen atoms in total. The van der Waals surface area contributed by atoms with Crippen molar-refractivity contribution >= 4 is 12.1 Å². The van der Waals surface area contributed by atoms with Crippen LogP contribution in [0.2, 0.25) is 0 Å². The SMILES string of the molecule is Cn1cc(-c2ccc(F)c(F)c2)cc1C(=O)C=O. The highest BCUT2D eigenvalue weighted by molar-refractivity contribution is 6.32. The fourth-order valence-electron chi connectivity index (χ4n) is 1.70. The Balaban J connectivity index is 2.48. The van der Waals surface area contributed by atoms with Crippen LogP contribution in [0.1, 0.15) is 10.5 Å². The molecule has 0 radical (unpaired) electrons. The molecule has 5 heteroatoms. The second-order valence-corrected chi connectivity index (χ2v) is 3.84. The highest BCUT2D eigenvalue weighted by Crippen LogP contribution is 2.23. The van der Waals surface area contributed by atoms with Gasteiger partial charge in [-0.1, -0.05) is 6.07 Å². The first kappa shape index (κ1) is 12.2. The van der Waals surface area contributed by atoms with Gasteiger partial charge in [-0.05, 0) is 23.8 Å². The van der Waals surface area contributed by atoms with E-state index >= 15 is 0 Å². The number of rotatable bonds is 3. The molecule has 1 aromatic heterocycles. The number of hydrogen-bond acceptors (Lipinski definition) is 2. The van der Waals surface area contributed by atoms with E-state index in [2.05, 4.69) is 0 Å². The summed E-state index contributed by atoms with van der Waals surface area (Å²) in [5.74, 6) is -2.55. The van der Waals surface area contributed by atoms with Crippen molar-refractivity contribution in [2.75, 3.05) is 0 Å². The van der Waals surface area contributed by atoms with E-state index < -0.39 is 17.4 Å². The fraction of sp³-hybridized carbons (Fsp3) is 0.0769. The molecule has 0 aliphatic heterocycles. The minimum atomic E-state index is -0.959. The average molecular weight is 249 g/mol. The van der Waals surface area contributed by atoms with E-state index in [1.54, 1.807) is 13.2 Å². The Labute approximate surface area is 102 Å². The molecule has 0 saturated carbocycles. The summed E-state index contributed by atoms with van der Waals surface area (Å²) in [7, 11) is 1.60. The van der Waals surface area contributed by atoms with Crippen LogP contribution in [0.4, 0.5) is 8.78 Å². The molecule has 0 atom stereocenters. The predicted molar refractivity (Wildman–Crippen MR) is 61.2 cm³/mol. The van der Waals surface area contributed by atoms with Crippen LogP contribution in [0.3, 0.4) is 0 Å². The van der Waals surface area contributed by atoms with E-state index in [4.69, 9.17) is 0 Å². The molecule has 92 valence electrons. The molecule has 2 rings (SSSR count). The molecule has 0 saturated heterocycles. The summed E-state index contributed by atoms with van der Waals surface area (Å²) in [4.78, 5) is 21.7. The Morgan fingerprint density at radius 2 is 1.89 bits per heavy atom. The highest BCUT2D eigenvalue weighted by atomic mass is 19.2. The van der Waals surface area contributed by atoms with Gasteiger partial charge in [-0.2, -0.15) is 0 Å². The van der Waals surface area contributed by atoms with Crippen molar-refractivity contribution < 1.29 is 18.4 Å². The van der Waals surface area contributed by atoms with Gasteiger partial charge in [-0.25, -0.2) is 8.78 Å². The number of nitrogens with zero attached hydrogens (tertiary/aromatic N) is 1. The molecule has 1 aromatic carbocycles. The molecule has 0 unspecified atom stereocenters. The topological polar surface area (TPSA) is 39.1 Å². The van der Waals surface area contributed by atoms with Gasteiger partial charge in [-0.15, -0.1) is 0 Å². The summed E-state index contributed by atoms with van der Waals surface area (Å²) in [6, 6.07) is 4.92. The highest BCUT2D eigenvalue weighted by Gasteiger charge is 2.12. The van der Waals surface area contributed by atoms with Gasteiger partial charge in [-0.3, -0.25) is 9.59 Å². The zero-order valence-electron chi connectivity index (χ0n) is 9.48. The smallest absolute Gasteiger partial charge is 0.241 e. The van der Waals surface area contributed by atoms with Gasteiger partial charge in [0.1, 0.15) is 0 Å². The van der Waals surface area contributed by atoms with Crippen LogP contribution in [0.15, 0.2) is 30.5 Å². The molecule has 1 heterocycles. The van der Waals surface area contributed by atoms with Gasteiger partial charge in [0.25, 0.3) is 0 Å². The zero-order valence-corrected chi connectivity index (χ0v) is 9.48. The van der Waals surface area contributed by atoms with E-state index in [1.165, 1.54) is 16.7 Å². The molecule has 0 fully saturated rings. The normalized spacial score (nSPS) is 10.4. The van der Waals surface area contributed by atoms with E-state index in [0.717, 1.165) is 12.1 Å². The summed E-state index contributed by atoms with van der Waals surface area (Å²) in [6.07, 6.45) is 1.79. The Kier molecular flexibility index (Phi) is 3.06. The lowest BCUT2D eigenvalue weighted by Crippen LogP contribution is -2.05. The fourth-order valence-corrected chi connectivity index (χ4v) is 1.70. The number of carbonyl (C=O) groups is 2. The summed E-state index contributed by atoms with van der Waals surface area (Å²) >= 11 is 0.